The number of benzene rings is 1. The number of anilines is 1. The molecular weight excluding hydrogens is 248 g/mol. The summed E-state index contributed by atoms with van der Waals surface area (Å²) in [4.78, 5) is 21.5. The number of nitrogens with one attached hydrogen (secondary N) is 1. The first kappa shape index (κ1) is 14.9. The van der Waals surface area contributed by atoms with Gasteiger partial charge in [0.1, 0.15) is 6.04 Å². The molecule has 6 heteroatoms. The highest BCUT2D eigenvalue weighted by Gasteiger charge is 2.18. The van der Waals surface area contributed by atoms with Gasteiger partial charge in [0.25, 0.3) is 5.69 Å². The van der Waals surface area contributed by atoms with Gasteiger partial charge in [0.2, 0.25) is 0 Å². The van der Waals surface area contributed by atoms with Gasteiger partial charge in [-0.2, -0.15) is 0 Å². The molecule has 104 valence electrons. The van der Waals surface area contributed by atoms with E-state index in [1.807, 2.05) is 6.92 Å². The van der Waals surface area contributed by atoms with Crippen LogP contribution in [0, 0.1) is 17.0 Å². The van der Waals surface area contributed by atoms with Gasteiger partial charge in [-0.3, -0.25) is 10.1 Å². The zero-order valence-electron chi connectivity index (χ0n) is 11.0. The van der Waals surface area contributed by atoms with Gasteiger partial charge in [0.15, 0.2) is 0 Å². The largest absolute Gasteiger partial charge is 0.480 e. The summed E-state index contributed by atoms with van der Waals surface area (Å²) < 4.78 is 0. The molecule has 0 heterocycles. The minimum Gasteiger partial charge on any atom is -0.480 e. The van der Waals surface area contributed by atoms with E-state index in [0.29, 0.717) is 17.7 Å². The zero-order chi connectivity index (χ0) is 14.4. The molecule has 1 unspecified atom stereocenters. The van der Waals surface area contributed by atoms with Crippen molar-refractivity contribution >= 4 is 17.3 Å². The number of carboxylic acids is 1. The number of nitro groups is 1. The highest BCUT2D eigenvalue weighted by Crippen LogP contribution is 2.23. The fourth-order valence-electron chi connectivity index (χ4n) is 1.76. The number of nitro benzene ring substituents is 1. The van der Waals surface area contributed by atoms with Crippen molar-refractivity contribution in [2.75, 3.05) is 5.32 Å². The maximum Gasteiger partial charge on any atom is 0.326 e. The Hall–Kier alpha value is -2.11. The predicted molar refractivity (Wildman–Crippen MR) is 72.4 cm³/mol. The first-order valence-electron chi connectivity index (χ1n) is 6.20. The number of unbranched alkanes of at least 4 members (excludes halogenated alkanes) is 1. The summed E-state index contributed by atoms with van der Waals surface area (Å²) in [5.74, 6) is -0.948. The summed E-state index contributed by atoms with van der Waals surface area (Å²) in [5.41, 5.74) is 1.00. The second kappa shape index (κ2) is 6.72. The van der Waals surface area contributed by atoms with Gasteiger partial charge in [0.05, 0.1) is 4.92 Å². The lowest BCUT2D eigenvalue weighted by Gasteiger charge is -2.15. The van der Waals surface area contributed by atoms with Crippen LogP contribution in [0.15, 0.2) is 18.2 Å². The standard InChI is InChI=1S/C13H18N2O4/c1-3-4-5-11(13(16)17)14-10-7-6-9(2)12(8-10)15(18)19/h6-8,11,14H,3-5H2,1-2H3,(H,16,17). The molecule has 0 fully saturated rings. The van der Waals surface area contributed by atoms with Crippen LogP contribution in [-0.2, 0) is 4.79 Å². The van der Waals surface area contributed by atoms with Crippen LogP contribution >= 0.6 is 0 Å². The Balaban J connectivity index is 2.87. The number of carbonyl (C=O) groups is 1. The fraction of sp³-hybridized carbons (Fsp3) is 0.462. The Morgan fingerprint density at radius 1 is 1.53 bits per heavy atom. The van der Waals surface area contributed by atoms with Crippen molar-refractivity contribution in [1.29, 1.82) is 0 Å². The molecule has 0 radical (unpaired) electrons. The summed E-state index contributed by atoms with van der Waals surface area (Å²) in [6.07, 6.45) is 2.19. The maximum absolute atomic E-state index is 11.1. The van der Waals surface area contributed by atoms with Gasteiger partial charge >= 0.3 is 5.97 Å². The Bertz CT molecular complexity index is 474. The quantitative estimate of drug-likeness (QED) is 0.584. The van der Waals surface area contributed by atoms with E-state index in [2.05, 4.69) is 5.32 Å². The SMILES string of the molecule is CCCCC(Nc1ccc(C)c([N+](=O)[O-])c1)C(=O)O. The highest BCUT2D eigenvalue weighted by atomic mass is 16.6. The van der Waals surface area contributed by atoms with Crippen molar-refractivity contribution in [2.45, 2.75) is 39.2 Å². The van der Waals surface area contributed by atoms with Gasteiger partial charge in [-0.05, 0) is 19.4 Å². The highest BCUT2D eigenvalue weighted by molar-refractivity contribution is 5.77. The van der Waals surface area contributed by atoms with Gasteiger partial charge in [-0.1, -0.05) is 25.8 Å². The average molecular weight is 266 g/mol. The number of rotatable bonds is 7. The normalized spacial score (nSPS) is 11.9. The second-order valence-electron chi connectivity index (χ2n) is 4.44. The van der Waals surface area contributed by atoms with Crippen LogP contribution in [0.2, 0.25) is 0 Å². The van der Waals surface area contributed by atoms with Crippen molar-refractivity contribution in [1.82, 2.24) is 0 Å². The van der Waals surface area contributed by atoms with Crippen molar-refractivity contribution < 1.29 is 14.8 Å². The maximum atomic E-state index is 11.1. The molecule has 0 spiro atoms. The Labute approximate surface area is 111 Å². The van der Waals surface area contributed by atoms with E-state index in [9.17, 15) is 14.9 Å². The Morgan fingerprint density at radius 2 is 2.21 bits per heavy atom. The van der Waals surface area contributed by atoms with Gasteiger partial charge < -0.3 is 10.4 Å². The summed E-state index contributed by atoms with van der Waals surface area (Å²) in [7, 11) is 0. The first-order chi connectivity index (χ1) is 8.95. The predicted octanol–water partition coefficient (Wildman–Crippen LogP) is 2.96. The number of nitrogens with zero attached hydrogens (tertiary/aromatic N) is 1. The number of hydrogen-bond donors (Lipinski definition) is 2. The molecule has 0 aliphatic rings. The lowest BCUT2D eigenvalue weighted by molar-refractivity contribution is -0.385. The molecule has 1 atom stereocenters. The molecule has 0 bridgehead atoms. The molecule has 0 aliphatic heterocycles. The molecular formula is C13H18N2O4. The van der Waals surface area contributed by atoms with E-state index in [1.165, 1.54) is 6.07 Å². The molecule has 1 aromatic rings. The second-order valence-corrected chi connectivity index (χ2v) is 4.44. The van der Waals surface area contributed by atoms with E-state index >= 15 is 0 Å². The smallest absolute Gasteiger partial charge is 0.326 e. The van der Waals surface area contributed by atoms with Crippen LogP contribution in [0.3, 0.4) is 0 Å². The number of aryl methyl sites for hydroxylation is 1. The Morgan fingerprint density at radius 3 is 2.74 bits per heavy atom. The minimum absolute atomic E-state index is 0.00960. The van der Waals surface area contributed by atoms with Crippen molar-refractivity contribution in [3.63, 3.8) is 0 Å². The van der Waals surface area contributed by atoms with Crippen molar-refractivity contribution in [3.8, 4) is 0 Å². The van der Waals surface area contributed by atoms with E-state index in [-0.39, 0.29) is 5.69 Å². The summed E-state index contributed by atoms with van der Waals surface area (Å²) in [5, 5.41) is 22.8. The summed E-state index contributed by atoms with van der Waals surface area (Å²) in [6.45, 7) is 3.63. The van der Waals surface area contributed by atoms with Gasteiger partial charge in [0, 0.05) is 17.3 Å². The third-order valence-electron chi connectivity index (χ3n) is 2.89. The monoisotopic (exact) mass is 266 g/mol. The molecule has 6 nitrogen and oxygen atoms in total. The van der Waals surface area contributed by atoms with E-state index in [4.69, 9.17) is 5.11 Å². The topological polar surface area (TPSA) is 92.5 Å². The fourth-order valence-corrected chi connectivity index (χ4v) is 1.76. The molecule has 2 N–H and O–H groups in total. The number of carboxylic acid groups (broad SMARTS) is 1. The van der Waals surface area contributed by atoms with Crippen LogP contribution in [-0.4, -0.2) is 22.0 Å². The first-order valence-corrected chi connectivity index (χ1v) is 6.20. The van der Waals surface area contributed by atoms with Crippen LogP contribution in [0.5, 0.6) is 0 Å². The third kappa shape index (κ3) is 4.24. The molecule has 0 saturated carbocycles. The van der Waals surface area contributed by atoms with Crippen LogP contribution < -0.4 is 5.32 Å². The molecule has 0 aromatic heterocycles. The molecule has 1 aromatic carbocycles. The molecule has 19 heavy (non-hydrogen) atoms. The minimum atomic E-state index is -0.948. The molecule has 0 amide bonds. The van der Waals surface area contributed by atoms with Gasteiger partial charge in [-0.15, -0.1) is 0 Å². The van der Waals surface area contributed by atoms with Crippen LogP contribution in [0.1, 0.15) is 31.7 Å². The van der Waals surface area contributed by atoms with Crippen molar-refractivity contribution in [3.05, 3.63) is 33.9 Å². The van der Waals surface area contributed by atoms with Gasteiger partial charge in [-0.25, -0.2) is 4.79 Å². The van der Waals surface area contributed by atoms with E-state index in [1.54, 1.807) is 19.1 Å². The zero-order valence-corrected chi connectivity index (χ0v) is 11.0. The molecule has 0 saturated heterocycles. The van der Waals surface area contributed by atoms with Crippen LogP contribution in [0.25, 0.3) is 0 Å². The molecule has 0 aliphatic carbocycles. The average Bonchev–Trinajstić information content (AvgIpc) is 2.35. The number of hydrogen-bond acceptors (Lipinski definition) is 4. The summed E-state index contributed by atoms with van der Waals surface area (Å²) in [6, 6.07) is 3.92. The van der Waals surface area contributed by atoms with Crippen LogP contribution in [0.4, 0.5) is 11.4 Å². The third-order valence-corrected chi connectivity index (χ3v) is 2.89. The van der Waals surface area contributed by atoms with E-state index in [0.717, 1.165) is 12.8 Å². The molecule has 1 rings (SSSR count). The lowest BCUT2D eigenvalue weighted by atomic mass is 10.1. The Kier molecular flexibility index (Phi) is 5.29. The summed E-state index contributed by atoms with van der Waals surface area (Å²) >= 11 is 0. The van der Waals surface area contributed by atoms with Crippen molar-refractivity contribution in [2.24, 2.45) is 0 Å². The number of aliphatic carboxylic acids is 1. The van der Waals surface area contributed by atoms with E-state index < -0.39 is 16.9 Å². The lowest BCUT2D eigenvalue weighted by Crippen LogP contribution is -2.29.